The maximum Gasteiger partial charge on any atom is 0.227 e. The lowest BCUT2D eigenvalue weighted by Gasteiger charge is -2.47. The lowest BCUT2D eigenvalue weighted by molar-refractivity contribution is -0.138. The van der Waals surface area contributed by atoms with Crippen LogP contribution in [0.4, 0.5) is 11.8 Å². The van der Waals surface area contributed by atoms with E-state index in [1.165, 1.54) is 0 Å². The van der Waals surface area contributed by atoms with E-state index in [2.05, 4.69) is 38.8 Å². The van der Waals surface area contributed by atoms with Crippen LogP contribution in [-0.2, 0) is 4.79 Å². The van der Waals surface area contributed by atoms with Crippen molar-refractivity contribution >= 4 is 17.7 Å². The topological polar surface area (TPSA) is 55.8 Å². The van der Waals surface area contributed by atoms with Gasteiger partial charge in [-0.1, -0.05) is 0 Å². The predicted octanol–water partition coefficient (Wildman–Crippen LogP) is 1.31. The van der Waals surface area contributed by atoms with Crippen LogP contribution in [0, 0.1) is 5.41 Å². The Balaban J connectivity index is 1.62. The van der Waals surface area contributed by atoms with Crippen molar-refractivity contribution in [3.8, 4) is 0 Å². The van der Waals surface area contributed by atoms with Gasteiger partial charge in [0.25, 0.3) is 0 Å². The van der Waals surface area contributed by atoms with Gasteiger partial charge < -0.3 is 19.6 Å². The summed E-state index contributed by atoms with van der Waals surface area (Å²) in [5.41, 5.74) is 0.274. The second-order valence-electron chi connectivity index (χ2n) is 8.21. The van der Waals surface area contributed by atoms with E-state index < -0.39 is 0 Å². The summed E-state index contributed by atoms with van der Waals surface area (Å²) in [7, 11) is 8.12. The van der Waals surface area contributed by atoms with Crippen molar-refractivity contribution < 1.29 is 4.79 Å². The molecule has 0 radical (unpaired) electrons. The molecule has 1 aromatic rings. The summed E-state index contributed by atoms with van der Waals surface area (Å²) in [4.78, 5) is 30.0. The molecular formula is C19H32N6O. The van der Waals surface area contributed by atoms with Gasteiger partial charge >= 0.3 is 0 Å². The summed E-state index contributed by atoms with van der Waals surface area (Å²) in [5, 5.41) is 0. The number of carbonyl (C=O) groups excluding carboxylic acids is 1. The van der Waals surface area contributed by atoms with Crippen molar-refractivity contribution in [3.05, 3.63) is 12.3 Å². The van der Waals surface area contributed by atoms with E-state index in [1.807, 2.05) is 31.3 Å². The number of hydrogen-bond acceptors (Lipinski definition) is 6. The molecule has 2 aliphatic heterocycles. The summed E-state index contributed by atoms with van der Waals surface area (Å²) in [6.07, 6.45) is 5.77. The summed E-state index contributed by atoms with van der Waals surface area (Å²) < 4.78 is 0. The van der Waals surface area contributed by atoms with E-state index in [4.69, 9.17) is 0 Å². The van der Waals surface area contributed by atoms with E-state index in [1.54, 1.807) is 0 Å². The molecule has 2 fully saturated rings. The van der Waals surface area contributed by atoms with Crippen LogP contribution in [0.3, 0.4) is 0 Å². The maximum absolute atomic E-state index is 12.3. The van der Waals surface area contributed by atoms with Crippen LogP contribution in [0.2, 0.25) is 0 Å². The van der Waals surface area contributed by atoms with Crippen LogP contribution >= 0.6 is 0 Å². The fraction of sp³-hybridized carbons (Fsp3) is 0.737. The molecular weight excluding hydrogens is 328 g/mol. The highest BCUT2D eigenvalue weighted by atomic mass is 16.2. The highest BCUT2D eigenvalue weighted by molar-refractivity contribution is 5.77. The number of likely N-dealkylation sites (N-methyl/N-ethyl adjacent to an activating group) is 1. The molecule has 1 aromatic heterocycles. The third-order valence-electron chi connectivity index (χ3n) is 5.76. The van der Waals surface area contributed by atoms with Crippen molar-refractivity contribution in [1.82, 2.24) is 19.8 Å². The molecule has 0 aromatic carbocycles. The first-order valence-corrected chi connectivity index (χ1v) is 9.56. The van der Waals surface area contributed by atoms with Crippen molar-refractivity contribution in [2.45, 2.75) is 25.7 Å². The lowest BCUT2D eigenvalue weighted by atomic mass is 9.72. The normalized spacial score (nSPS) is 20.1. The van der Waals surface area contributed by atoms with Gasteiger partial charge in [0.2, 0.25) is 11.9 Å². The summed E-state index contributed by atoms with van der Waals surface area (Å²) in [6, 6.07) is 1.93. The third-order valence-corrected chi connectivity index (χ3v) is 5.76. The Kier molecular flexibility index (Phi) is 5.65. The summed E-state index contributed by atoms with van der Waals surface area (Å²) in [5.74, 6) is 2.08. The van der Waals surface area contributed by atoms with Crippen LogP contribution in [0.25, 0.3) is 0 Å². The second kappa shape index (κ2) is 7.78. The van der Waals surface area contributed by atoms with Gasteiger partial charge in [-0.15, -0.1) is 0 Å². The van der Waals surface area contributed by atoms with Gasteiger partial charge in [-0.3, -0.25) is 4.79 Å². The van der Waals surface area contributed by atoms with E-state index in [9.17, 15) is 4.79 Å². The Hall–Kier alpha value is -1.89. The van der Waals surface area contributed by atoms with Crippen molar-refractivity contribution in [1.29, 1.82) is 0 Å². The molecule has 1 spiro atoms. The lowest BCUT2D eigenvalue weighted by Crippen LogP contribution is -2.52. The van der Waals surface area contributed by atoms with Crippen molar-refractivity contribution in [2.24, 2.45) is 5.41 Å². The maximum atomic E-state index is 12.3. The number of nitrogens with zero attached hydrogens (tertiary/aromatic N) is 6. The Labute approximate surface area is 157 Å². The van der Waals surface area contributed by atoms with Gasteiger partial charge in [-0.05, 0) is 44.8 Å². The molecule has 3 rings (SSSR count). The van der Waals surface area contributed by atoms with Crippen LogP contribution in [-0.4, -0.2) is 86.6 Å². The number of amides is 1. The Morgan fingerprint density at radius 3 is 2.54 bits per heavy atom. The molecule has 0 aliphatic carbocycles. The van der Waals surface area contributed by atoms with E-state index >= 15 is 0 Å². The molecule has 2 aliphatic rings. The van der Waals surface area contributed by atoms with E-state index in [-0.39, 0.29) is 5.41 Å². The molecule has 7 nitrogen and oxygen atoms in total. The van der Waals surface area contributed by atoms with Gasteiger partial charge in [-0.25, -0.2) is 4.98 Å². The molecule has 0 atom stereocenters. The van der Waals surface area contributed by atoms with Gasteiger partial charge in [0, 0.05) is 59.4 Å². The van der Waals surface area contributed by atoms with Crippen molar-refractivity contribution in [3.63, 3.8) is 0 Å². The molecule has 0 unspecified atom stereocenters. The average molecular weight is 361 g/mol. The molecule has 0 saturated carbocycles. The second-order valence-corrected chi connectivity index (χ2v) is 8.21. The standard InChI is InChI=1S/C19H32N6O/c1-22(2)13-14-25-15-19(7-5-17(25)26)8-11-24(12-9-19)18-20-10-6-16(21-18)23(3)4/h6,10H,5,7-9,11-15H2,1-4H3. The zero-order valence-corrected chi connectivity index (χ0v) is 16.6. The van der Waals surface area contributed by atoms with Crippen LogP contribution in [0.15, 0.2) is 12.3 Å². The minimum atomic E-state index is 0.274. The number of likely N-dealkylation sites (tertiary alicyclic amines) is 1. The average Bonchev–Trinajstić information content (AvgIpc) is 2.63. The monoisotopic (exact) mass is 360 g/mol. The quantitative estimate of drug-likeness (QED) is 0.789. The number of piperidine rings is 2. The molecule has 144 valence electrons. The molecule has 0 N–H and O–H groups in total. The Bertz CT molecular complexity index is 624. The van der Waals surface area contributed by atoms with Gasteiger partial charge in [0.15, 0.2) is 0 Å². The zero-order valence-electron chi connectivity index (χ0n) is 16.6. The molecule has 0 bridgehead atoms. The first-order chi connectivity index (χ1) is 12.4. The SMILES string of the molecule is CN(C)CCN1CC2(CCC1=O)CCN(c1nccc(N(C)C)n1)CC2. The minimum absolute atomic E-state index is 0.274. The van der Waals surface area contributed by atoms with Crippen molar-refractivity contribution in [2.75, 3.05) is 70.7 Å². The number of anilines is 2. The first kappa shape index (κ1) is 18.9. The predicted molar refractivity (Wildman–Crippen MR) is 105 cm³/mol. The molecule has 2 saturated heterocycles. The fourth-order valence-corrected chi connectivity index (χ4v) is 3.96. The van der Waals surface area contributed by atoms with Crippen LogP contribution in [0.5, 0.6) is 0 Å². The number of rotatable bonds is 5. The summed E-state index contributed by atoms with van der Waals surface area (Å²) >= 11 is 0. The largest absolute Gasteiger partial charge is 0.363 e. The summed E-state index contributed by atoms with van der Waals surface area (Å²) in [6.45, 7) is 4.61. The van der Waals surface area contributed by atoms with Gasteiger partial charge in [-0.2, -0.15) is 4.98 Å². The zero-order chi connectivity index (χ0) is 18.7. The third kappa shape index (κ3) is 4.26. The van der Waals surface area contributed by atoms with Crippen LogP contribution < -0.4 is 9.80 Å². The van der Waals surface area contributed by atoms with Gasteiger partial charge in [0.1, 0.15) is 5.82 Å². The first-order valence-electron chi connectivity index (χ1n) is 9.56. The molecule has 26 heavy (non-hydrogen) atoms. The molecule has 7 heteroatoms. The van der Waals surface area contributed by atoms with E-state index in [0.29, 0.717) is 12.3 Å². The highest BCUT2D eigenvalue weighted by Crippen LogP contribution is 2.40. The Morgan fingerprint density at radius 2 is 1.88 bits per heavy atom. The fourth-order valence-electron chi connectivity index (χ4n) is 3.96. The Morgan fingerprint density at radius 1 is 1.15 bits per heavy atom. The molecule has 1 amide bonds. The number of carbonyl (C=O) groups is 1. The van der Waals surface area contributed by atoms with Crippen LogP contribution in [0.1, 0.15) is 25.7 Å². The number of hydrogen-bond donors (Lipinski definition) is 0. The highest BCUT2D eigenvalue weighted by Gasteiger charge is 2.41. The smallest absolute Gasteiger partial charge is 0.227 e. The number of aromatic nitrogens is 2. The minimum Gasteiger partial charge on any atom is -0.363 e. The molecule has 3 heterocycles. The van der Waals surface area contributed by atoms with E-state index in [0.717, 1.165) is 63.8 Å². The van der Waals surface area contributed by atoms with Gasteiger partial charge in [0.05, 0.1) is 0 Å².